The highest BCUT2D eigenvalue weighted by molar-refractivity contribution is 14.0. The Morgan fingerprint density at radius 2 is 2.00 bits per heavy atom. The van der Waals surface area contributed by atoms with Crippen molar-refractivity contribution in [2.45, 2.75) is 38.4 Å². The van der Waals surface area contributed by atoms with Gasteiger partial charge in [0, 0.05) is 45.0 Å². The Bertz CT molecular complexity index is 716. The zero-order valence-electron chi connectivity index (χ0n) is 17.6. The second-order valence-corrected chi connectivity index (χ2v) is 9.67. The van der Waals surface area contributed by atoms with E-state index in [-0.39, 0.29) is 36.3 Å². The van der Waals surface area contributed by atoms with Gasteiger partial charge in [0.2, 0.25) is 0 Å². The summed E-state index contributed by atoms with van der Waals surface area (Å²) in [5.74, 6) is 0.819. The molecule has 1 aromatic carbocycles. The van der Waals surface area contributed by atoms with Crippen LogP contribution in [0.1, 0.15) is 25.3 Å². The molecule has 2 unspecified atom stereocenters. The molecule has 0 spiro atoms. The third kappa shape index (κ3) is 10.6. The number of halogens is 1. The van der Waals surface area contributed by atoms with Gasteiger partial charge in [0.1, 0.15) is 9.84 Å². The van der Waals surface area contributed by atoms with Crippen LogP contribution in [0.2, 0.25) is 0 Å². The third-order valence-corrected chi connectivity index (χ3v) is 5.85. The molecule has 1 aromatic rings. The maximum Gasteiger partial charge on any atom is 0.191 e. The number of hydrogen-bond donors (Lipinski definition) is 2. The number of nitrogens with zero attached hydrogens (tertiary/aromatic N) is 2. The molecule has 2 N–H and O–H groups in total. The number of likely N-dealkylation sites (tertiary alicyclic amines) is 1. The van der Waals surface area contributed by atoms with E-state index in [0.717, 1.165) is 31.9 Å². The molecule has 1 heterocycles. The van der Waals surface area contributed by atoms with Crippen LogP contribution >= 0.6 is 24.0 Å². The van der Waals surface area contributed by atoms with E-state index >= 15 is 0 Å². The van der Waals surface area contributed by atoms with Crippen LogP contribution in [0.3, 0.4) is 0 Å². The monoisotopic (exact) mass is 538 g/mol. The van der Waals surface area contributed by atoms with Gasteiger partial charge in [-0.15, -0.1) is 24.0 Å². The Balaban J connectivity index is 0.00000420. The van der Waals surface area contributed by atoms with Crippen molar-refractivity contribution in [3.8, 4) is 0 Å². The Morgan fingerprint density at radius 3 is 2.62 bits per heavy atom. The average Bonchev–Trinajstić information content (AvgIpc) is 2.65. The quantitative estimate of drug-likeness (QED) is 0.216. The number of piperidine rings is 1. The fraction of sp³-hybridized carbons (Fsp3) is 0.650. The first-order valence-corrected chi connectivity index (χ1v) is 11.9. The van der Waals surface area contributed by atoms with E-state index in [1.165, 1.54) is 11.8 Å². The van der Waals surface area contributed by atoms with E-state index in [1.807, 2.05) is 0 Å². The summed E-state index contributed by atoms with van der Waals surface area (Å²) in [6, 6.07) is 11.5. The van der Waals surface area contributed by atoms with E-state index in [2.05, 4.69) is 57.8 Å². The standard InChI is InChI=1S/C20H34N4O3S.HI/c1-17-15-19(9-11-24(17)16-18-7-5-4-6-8-18)23-20(21-2)22-10-12-27-13-14-28(3,25)26;/h4-8,17,19H,9-16H2,1-3H3,(H2,21,22,23);1H. The average molecular weight is 538 g/mol. The molecule has 1 fully saturated rings. The van der Waals surface area contributed by atoms with Crippen molar-refractivity contribution >= 4 is 39.8 Å². The van der Waals surface area contributed by atoms with Gasteiger partial charge in [-0.3, -0.25) is 9.89 Å². The predicted octanol–water partition coefficient (Wildman–Crippen LogP) is 1.88. The zero-order chi connectivity index (χ0) is 20.4. The molecule has 0 radical (unpaired) electrons. The lowest BCUT2D eigenvalue weighted by molar-refractivity contribution is 0.134. The number of sulfone groups is 1. The normalized spacial score (nSPS) is 20.7. The second-order valence-electron chi connectivity index (χ2n) is 7.41. The van der Waals surface area contributed by atoms with Gasteiger partial charge in [-0.2, -0.15) is 0 Å². The number of guanidine groups is 1. The van der Waals surface area contributed by atoms with Crippen LogP contribution in [0, 0.1) is 0 Å². The van der Waals surface area contributed by atoms with Gasteiger partial charge in [0.05, 0.1) is 19.0 Å². The van der Waals surface area contributed by atoms with Crippen LogP contribution in [0.15, 0.2) is 35.3 Å². The van der Waals surface area contributed by atoms with Gasteiger partial charge in [-0.05, 0) is 25.3 Å². The van der Waals surface area contributed by atoms with Crippen LogP contribution < -0.4 is 10.6 Å². The summed E-state index contributed by atoms with van der Waals surface area (Å²) in [6.07, 6.45) is 3.35. The largest absolute Gasteiger partial charge is 0.379 e. The minimum absolute atomic E-state index is 0. The molecule has 1 aliphatic heterocycles. The van der Waals surface area contributed by atoms with Gasteiger partial charge in [-0.1, -0.05) is 30.3 Å². The van der Waals surface area contributed by atoms with Crippen LogP contribution in [0.25, 0.3) is 0 Å². The van der Waals surface area contributed by atoms with Gasteiger partial charge in [0.25, 0.3) is 0 Å². The summed E-state index contributed by atoms with van der Waals surface area (Å²) in [4.78, 5) is 6.81. The topological polar surface area (TPSA) is 83.0 Å². The number of ether oxygens (including phenoxy) is 1. The van der Waals surface area contributed by atoms with Crippen molar-refractivity contribution in [1.29, 1.82) is 0 Å². The summed E-state index contributed by atoms with van der Waals surface area (Å²) in [6.45, 7) is 5.59. The predicted molar refractivity (Wildman–Crippen MR) is 130 cm³/mol. The maximum absolute atomic E-state index is 11.1. The van der Waals surface area contributed by atoms with Crippen molar-refractivity contribution in [2.24, 2.45) is 4.99 Å². The van der Waals surface area contributed by atoms with Crippen LogP contribution in [0.4, 0.5) is 0 Å². The summed E-state index contributed by atoms with van der Waals surface area (Å²) in [7, 11) is -1.21. The number of hydrogen-bond acceptors (Lipinski definition) is 5. The van der Waals surface area contributed by atoms with E-state index in [9.17, 15) is 8.42 Å². The third-order valence-electron chi connectivity index (χ3n) is 4.94. The van der Waals surface area contributed by atoms with Crippen LogP contribution in [0.5, 0.6) is 0 Å². The molecular formula is C20H35IN4O3S. The smallest absolute Gasteiger partial charge is 0.191 e. The highest BCUT2D eigenvalue weighted by Crippen LogP contribution is 2.19. The van der Waals surface area contributed by atoms with Crippen molar-refractivity contribution in [2.75, 3.05) is 45.4 Å². The molecule has 0 aliphatic carbocycles. The molecule has 2 atom stereocenters. The van der Waals surface area contributed by atoms with Gasteiger partial charge < -0.3 is 15.4 Å². The first-order valence-electron chi connectivity index (χ1n) is 9.88. The zero-order valence-corrected chi connectivity index (χ0v) is 20.8. The van der Waals surface area contributed by atoms with Crippen molar-refractivity contribution < 1.29 is 13.2 Å². The Kier molecular flexibility index (Phi) is 12.1. The molecule has 7 nitrogen and oxygen atoms in total. The van der Waals surface area contributed by atoms with Gasteiger partial charge in [-0.25, -0.2) is 8.42 Å². The van der Waals surface area contributed by atoms with E-state index in [0.29, 0.717) is 25.2 Å². The number of benzene rings is 1. The fourth-order valence-corrected chi connectivity index (χ4v) is 3.77. The molecular weight excluding hydrogens is 503 g/mol. The minimum Gasteiger partial charge on any atom is -0.379 e. The highest BCUT2D eigenvalue weighted by Gasteiger charge is 2.25. The first-order chi connectivity index (χ1) is 13.4. The SMILES string of the molecule is CN=C(NCCOCCS(C)(=O)=O)NC1CCN(Cc2ccccc2)C(C)C1.I. The van der Waals surface area contributed by atoms with Crippen LogP contribution in [-0.2, 0) is 21.1 Å². The lowest BCUT2D eigenvalue weighted by Gasteiger charge is -2.38. The van der Waals surface area contributed by atoms with Crippen molar-refractivity contribution in [3.63, 3.8) is 0 Å². The van der Waals surface area contributed by atoms with Crippen molar-refractivity contribution in [3.05, 3.63) is 35.9 Å². The minimum atomic E-state index is -2.97. The Morgan fingerprint density at radius 1 is 1.28 bits per heavy atom. The maximum atomic E-state index is 11.1. The van der Waals surface area contributed by atoms with E-state index in [1.54, 1.807) is 7.05 Å². The Labute approximate surface area is 192 Å². The molecule has 1 saturated heterocycles. The first kappa shape index (κ1) is 26.1. The lowest BCUT2D eigenvalue weighted by atomic mass is 9.97. The molecule has 1 aliphatic rings. The number of aliphatic imine (C=N–C) groups is 1. The summed E-state index contributed by atoms with van der Waals surface area (Å²) in [5.41, 5.74) is 1.36. The van der Waals surface area contributed by atoms with Gasteiger partial charge in [0.15, 0.2) is 5.96 Å². The Hall–Kier alpha value is -0.910. The fourth-order valence-electron chi connectivity index (χ4n) is 3.35. The molecule has 0 saturated carbocycles. The summed E-state index contributed by atoms with van der Waals surface area (Å²) in [5, 5.41) is 6.73. The summed E-state index contributed by atoms with van der Waals surface area (Å²) < 4.78 is 27.5. The second kappa shape index (κ2) is 13.4. The lowest BCUT2D eigenvalue weighted by Crippen LogP contribution is -2.51. The molecule has 9 heteroatoms. The summed E-state index contributed by atoms with van der Waals surface area (Å²) >= 11 is 0. The highest BCUT2D eigenvalue weighted by atomic mass is 127. The molecule has 2 rings (SSSR count). The molecule has 0 amide bonds. The van der Waals surface area contributed by atoms with Gasteiger partial charge >= 0.3 is 0 Å². The van der Waals surface area contributed by atoms with Crippen molar-refractivity contribution in [1.82, 2.24) is 15.5 Å². The number of nitrogens with one attached hydrogen (secondary N) is 2. The van der Waals surface area contributed by atoms with Crippen LogP contribution in [-0.4, -0.2) is 76.7 Å². The van der Waals surface area contributed by atoms with E-state index in [4.69, 9.17) is 4.74 Å². The molecule has 166 valence electrons. The van der Waals surface area contributed by atoms with E-state index < -0.39 is 9.84 Å². The molecule has 0 aromatic heterocycles. The molecule has 0 bridgehead atoms. The number of rotatable bonds is 9. The molecule has 29 heavy (non-hydrogen) atoms.